The van der Waals surface area contributed by atoms with E-state index < -0.39 is 5.41 Å². The van der Waals surface area contributed by atoms with Crippen LogP contribution in [0.5, 0.6) is 0 Å². The number of hydrogen-bond acceptors (Lipinski definition) is 2. The summed E-state index contributed by atoms with van der Waals surface area (Å²) in [4.78, 5) is 12.3. The fraction of sp³-hybridized carbons (Fsp3) is 0.471. The van der Waals surface area contributed by atoms with Crippen molar-refractivity contribution in [3.8, 4) is 0 Å². The Hall–Kier alpha value is -1.57. The van der Waals surface area contributed by atoms with E-state index >= 15 is 0 Å². The van der Waals surface area contributed by atoms with E-state index in [9.17, 15) is 4.79 Å². The lowest BCUT2D eigenvalue weighted by Crippen LogP contribution is -2.19. The van der Waals surface area contributed by atoms with E-state index in [2.05, 4.69) is 26.0 Å². The molecule has 102 valence electrons. The van der Waals surface area contributed by atoms with Gasteiger partial charge in [0.2, 0.25) is 5.78 Å². The van der Waals surface area contributed by atoms with Crippen molar-refractivity contribution in [3.63, 3.8) is 0 Å². The number of furan rings is 1. The quantitative estimate of drug-likeness (QED) is 0.702. The van der Waals surface area contributed by atoms with Crippen molar-refractivity contribution in [2.75, 3.05) is 0 Å². The van der Waals surface area contributed by atoms with Crippen LogP contribution in [0.4, 0.5) is 0 Å². The van der Waals surface area contributed by atoms with E-state index in [-0.39, 0.29) is 5.78 Å². The molecule has 0 N–H and O–H groups in total. The van der Waals surface area contributed by atoms with Crippen molar-refractivity contribution in [1.29, 1.82) is 0 Å². The van der Waals surface area contributed by atoms with E-state index in [0.717, 1.165) is 22.1 Å². The first-order chi connectivity index (χ1) is 8.71. The van der Waals surface area contributed by atoms with Crippen molar-refractivity contribution < 1.29 is 9.21 Å². The molecule has 0 saturated heterocycles. The van der Waals surface area contributed by atoms with Crippen molar-refractivity contribution >= 4 is 16.8 Å². The molecule has 0 amide bonds. The van der Waals surface area contributed by atoms with Crippen LogP contribution in [0.3, 0.4) is 0 Å². The second-order valence-electron chi connectivity index (χ2n) is 6.56. The first-order valence-corrected chi connectivity index (χ1v) is 6.79. The van der Waals surface area contributed by atoms with Crippen LogP contribution in [0.15, 0.2) is 22.6 Å². The van der Waals surface area contributed by atoms with Gasteiger partial charge in [-0.1, -0.05) is 46.8 Å². The topological polar surface area (TPSA) is 30.2 Å². The minimum absolute atomic E-state index is 0.0535. The van der Waals surface area contributed by atoms with Crippen LogP contribution >= 0.6 is 0 Å². The molecule has 19 heavy (non-hydrogen) atoms. The van der Waals surface area contributed by atoms with Crippen LogP contribution in [0.25, 0.3) is 11.0 Å². The van der Waals surface area contributed by atoms with Gasteiger partial charge in [-0.3, -0.25) is 4.79 Å². The summed E-state index contributed by atoms with van der Waals surface area (Å²) in [6.45, 7) is 12.1. The second kappa shape index (κ2) is 4.52. The molecule has 1 aromatic carbocycles. The molecule has 0 aliphatic carbocycles. The summed E-state index contributed by atoms with van der Waals surface area (Å²) < 4.78 is 5.88. The lowest BCUT2D eigenvalue weighted by Gasteiger charge is -2.13. The lowest BCUT2D eigenvalue weighted by molar-refractivity contribution is 0.0830. The van der Waals surface area contributed by atoms with Gasteiger partial charge in [0.15, 0.2) is 5.76 Å². The third-order valence-corrected chi connectivity index (χ3v) is 3.46. The lowest BCUT2D eigenvalue weighted by atomic mass is 9.89. The zero-order valence-corrected chi connectivity index (χ0v) is 12.6. The number of aryl methyl sites for hydroxylation is 1. The summed E-state index contributed by atoms with van der Waals surface area (Å²) in [7, 11) is 0. The molecule has 0 aliphatic rings. The van der Waals surface area contributed by atoms with Gasteiger partial charge < -0.3 is 4.42 Å². The minimum atomic E-state index is -0.417. The third-order valence-electron chi connectivity index (χ3n) is 3.46. The highest BCUT2D eigenvalue weighted by Crippen LogP contribution is 2.32. The normalized spacial score (nSPS) is 12.4. The monoisotopic (exact) mass is 258 g/mol. The van der Waals surface area contributed by atoms with Gasteiger partial charge in [0.1, 0.15) is 5.58 Å². The average Bonchev–Trinajstić information content (AvgIpc) is 2.72. The highest BCUT2D eigenvalue weighted by atomic mass is 16.3. The van der Waals surface area contributed by atoms with Crippen LogP contribution in [-0.2, 0) is 0 Å². The van der Waals surface area contributed by atoms with Crippen molar-refractivity contribution in [2.45, 2.75) is 47.5 Å². The highest BCUT2D eigenvalue weighted by molar-refractivity contribution is 6.01. The summed E-state index contributed by atoms with van der Waals surface area (Å²) in [5.41, 5.74) is 2.76. The Bertz CT molecular complexity index is 624. The number of carbonyl (C=O) groups excluding carboxylic acids is 1. The van der Waals surface area contributed by atoms with E-state index in [1.54, 1.807) is 0 Å². The van der Waals surface area contributed by atoms with E-state index in [0.29, 0.717) is 11.7 Å². The van der Waals surface area contributed by atoms with Gasteiger partial charge in [-0.15, -0.1) is 0 Å². The molecule has 1 aromatic heterocycles. The number of Topliss-reactive ketones (excluding diaryl/α,β-unsaturated/α-hetero) is 1. The van der Waals surface area contributed by atoms with Gasteiger partial charge in [-0.2, -0.15) is 0 Å². The third kappa shape index (κ3) is 2.44. The Labute approximate surface area is 114 Å². The molecule has 0 saturated carbocycles. The Kier molecular flexibility index (Phi) is 3.29. The average molecular weight is 258 g/mol. The van der Waals surface area contributed by atoms with E-state index in [1.807, 2.05) is 33.8 Å². The van der Waals surface area contributed by atoms with Gasteiger partial charge >= 0.3 is 0 Å². The largest absolute Gasteiger partial charge is 0.453 e. The Morgan fingerprint density at radius 3 is 2.37 bits per heavy atom. The van der Waals surface area contributed by atoms with Crippen molar-refractivity contribution in [1.82, 2.24) is 0 Å². The molecule has 0 radical (unpaired) electrons. The van der Waals surface area contributed by atoms with Crippen LogP contribution < -0.4 is 0 Å². The van der Waals surface area contributed by atoms with Crippen LogP contribution in [0.1, 0.15) is 62.2 Å². The molecule has 1 heterocycles. The molecule has 0 aliphatic heterocycles. The second-order valence-corrected chi connectivity index (χ2v) is 6.56. The van der Waals surface area contributed by atoms with Crippen molar-refractivity contribution in [2.24, 2.45) is 5.41 Å². The predicted molar refractivity (Wildman–Crippen MR) is 78.8 cm³/mol. The molecular formula is C17H22O2. The zero-order chi connectivity index (χ0) is 14.4. The molecule has 0 bridgehead atoms. The van der Waals surface area contributed by atoms with E-state index in [4.69, 9.17) is 4.42 Å². The van der Waals surface area contributed by atoms with Gasteiger partial charge in [0, 0.05) is 10.8 Å². The molecular weight excluding hydrogens is 236 g/mol. The van der Waals surface area contributed by atoms with Gasteiger partial charge in [0.05, 0.1) is 0 Å². The first-order valence-electron chi connectivity index (χ1n) is 6.79. The summed E-state index contributed by atoms with van der Waals surface area (Å²) in [6, 6.07) is 6.08. The van der Waals surface area contributed by atoms with Gasteiger partial charge in [0.25, 0.3) is 0 Å². The molecule has 0 fully saturated rings. The number of rotatable bonds is 2. The number of fused-ring (bicyclic) bond motifs is 1. The van der Waals surface area contributed by atoms with Crippen LogP contribution in [0, 0.1) is 12.3 Å². The zero-order valence-electron chi connectivity index (χ0n) is 12.6. The molecule has 0 atom stereocenters. The highest BCUT2D eigenvalue weighted by Gasteiger charge is 2.27. The maximum absolute atomic E-state index is 12.3. The van der Waals surface area contributed by atoms with E-state index in [1.165, 1.54) is 0 Å². The summed E-state index contributed by atoms with van der Waals surface area (Å²) in [6.07, 6.45) is 0. The Morgan fingerprint density at radius 2 is 1.84 bits per heavy atom. The molecule has 2 heteroatoms. The maximum atomic E-state index is 12.3. The molecule has 0 unspecified atom stereocenters. The predicted octanol–water partition coefficient (Wildman–Crippen LogP) is 5.09. The van der Waals surface area contributed by atoms with Crippen LogP contribution in [0.2, 0.25) is 0 Å². The summed E-state index contributed by atoms with van der Waals surface area (Å²) in [5, 5.41) is 1.05. The fourth-order valence-electron chi connectivity index (χ4n) is 2.21. The SMILES string of the molecule is Cc1ccc(C(C)C)c2oc(C(=O)C(C)(C)C)cc12. The Morgan fingerprint density at radius 1 is 1.21 bits per heavy atom. The molecule has 0 spiro atoms. The van der Waals surface area contributed by atoms with Crippen molar-refractivity contribution in [3.05, 3.63) is 35.1 Å². The molecule has 2 nitrogen and oxygen atoms in total. The Balaban J connectivity index is 2.66. The number of hydrogen-bond donors (Lipinski definition) is 0. The fourth-order valence-corrected chi connectivity index (χ4v) is 2.21. The van der Waals surface area contributed by atoms with Gasteiger partial charge in [-0.25, -0.2) is 0 Å². The molecule has 2 aromatic rings. The number of carbonyl (C=O) groups is 1. The summed E-state index contributed by atoms with van der Waals surface area (Å²) in [5.74, 6) is 0.906. The summed E-state index contributed by atoms with van der Waals surface area (Å²) >= 11 is 0. The standard InChI is InChI=1S/C17H22O2/c1-10(2)12-8-7-11(3)13-9-14(19-15(12)13)16(18)17(4,5)6/h7-10H,1-6H3. The minimum Gasteiger partial charge on any atom is -0.453 e. The maximum Gasteiger partial charge on any atom is 0.203 e. The molecule has 2 rings (SSSR count). The van der Waals surface area contributed by atoms with Crippen LogP contribution in [-0.4, -0.2) is 5.78 Å². The number of ketones is 1. The number of benzene rings is 1. The van der Waals surface area contributed by atoms with Gasteiger partial charge in [-0.05, 0) is 30.0 Å². The smallest absolute Gasteiger partial charge is 0.203 e. The first kappa shape index (κ1) is 13.9.